The van der Waals surface area contributed by atoms with E-state index in [-0.39, 0.29) is 23.8 Å². The van der Waals surface area contributed by atoms with Gasteiger partial charge in [0, 0.05) is 22.5 Å². The number of hydrogen-bond donors (Lipinski definition) is 2. The van der Waals surface area contributed by atoms with Crippen LogP contribution in [0.15, 0.2) is 18.2 Å². The highest BCUT2D eigenvalue weighted by Crippen LogP contribution is 2.59. The number of aliphatic hydroxyl groups excluding tert-OH is 1. The van der Waals surface area contributed by atoms with Gasteiger partial charge in [-0.25, -0.2) is 4.39 Å². The molecule has 2 nitrogen and oxygen atoms in total. The van der Waals surface area contributed by atoms with Gasteiger partial charge in [-0.15, -0.1) is 0 Å². The largest absolute Gasteiger partial charge is 0.396 e. The summed E-state index contributed by atoms with van der Waals surface area (Å²) in [6.07, 6.45) is 0.709. The molecule has 2 rings (SSSR count). The second kappa shape index (κ2) is 3.74. The molecule has 1 aliphatic carbocycles. The number of rotatable bonds is 3. The Morgan fingerprint density at radius 3 is 2.80 bits per heavy atom. The Labute approximate surface area is 92.9 Å². The zero-order valence-electron chi connectivity index (χ0n) is 8.21. The summed E-state index contributed by atoms with van der Waals surface area (Å²) in [6, 6.07) is 4.63. The quantitative estimate of drug-likeness (QED) is 0.832. The average molecular weight is 230 g/mol. The summed E-state index contributed by atoms with van der Waals surface area (Å²) < 4.78 is 13.6. The van der Waals surface area contributed by atoms with Crippen LogP contribution in [-0.4, -0.2) is 18.3 Å². The second-order valence-corrected chi connectivity index (χ2v) is 4.52. The Morgan fingerprint density at radius 2 is 2.33 bits per heavy atom. The highest BCUT2D eigenvalue weighted by molar-refractivity contribution is 6.31. The lowest BCUT2D eigenvalue weighted by molar-refractivity contribution is 0.211. The first-order chi connectivity index (χ1) is 7.14. The van der Waals surface area contributed by atoms with E-state index in [0.29, 0.717) is 23.6 Å². The first-order valence-corrected chi connectivity index (χ1v) is 5.27. The molecule has 1 aromatic rings. The van der Waals surface area contributed by atoms with Crippen molar-refractivity contribution in [3.05, 3.63) is 34.6 Å². The zero-order valence-corrected chi connectivity index (χ0v) is 8.97. The molecule has 1 fully saturated rings. The van der Waals surface area contributed by atoms with Crippen LogP contribution in [0.2, 0.25) is 5.02 Å². The minimum absolute atomic E-state index is 0.0150. The third-order valence-corrected chi connectivity index (χ3v) is 3.59. The van der Waals surface area contributed by atoms with Crippen molar-refractivity contribution in [1.29, 1.82) is 0 Å². The van der Waals surface area contributed by atoms with E-state index in [0.717, 1.165) is 0 Å². The summed E-state index contributed by atoms with van der Waals surface area (Å²) in [5.74, 6) is -0.350. The number of benzene rings is 1. The fourth-order valence-electron chi connectivity index (χ4n) is 2.06. The lowest BCUT2D eigenvalue weighted by Gasteiger charge is -2.12. The minimum atomic E-state index is -0.355. The van der Waals surface area contributed by atoms with Gasteiger partial charge in [0.05, 0.1) is 6.61 Å². The molecular weight excluding hydrogens is 217 g/mol. The van der Waals surface area contributed by atoms with Crippen LogP contribution in [0.3, 0.4) is 0 Å². The fourth-order valence-corrected chi connectivity index (χ4v) is 2.36. The monoisotopic (exact) mass is 229 g/mol. The van der Waals surface area contributed by atoms with Crippen LogP contribution in [0.1, 0.15) is 17.9 Å². The first kappa shape index (κ1) is 10.9. The topological polar surface area (TPSA) is 46.2 Å². The van der Waals surface area contributed by atoms with Crippen molar-refractivity contribution in [2.24, 2.45) is 11.1 Å². The van der Waals surface area contributed by atoms with Crippen molar-refractivity contribution in [3.63, 3.8) is 0 Å². The summed E-state index contributed by atoms with van der Waals surface area (Å²) in [6.45, 7) is 0.345. The predicted molar refractivity (Wildman–Crippen MR) is 57.3 cm³/mol. The minimum Gasteiger partial charge on any atom is -0.396 e. The molecule has 0 amide bonds. The molecule has 0 bridgehead atoms. The van der Waals surface area contributed by atoms with Crippen molar-refractivity contribution >= 4 is 11.6 Å². The van der Waals surface area contributed by atoms with Gasteiger partial charge in [-0.05, 0) is 24.5 Å². The fraction of sp³-hybridized carbons (Fsp3) is 0.455. The van der Waals surface area contributed by atoms with Gasteiger partial charge < -0.3 is 10.8 Å². The van der Waals surface area contributed by atoms with Gasteiger partial charge >= 0.3 is 0 Å². The first-order valence-electron chi connectivity index (χ1n) is 4.89. The van der Waals surface area contributed by atoms with E-state index in [1.807, 2.05) is 0 Å². The van der Waals surface area contributed by atoms with E-state index in [4.69, 9.17) is 17.3 Å². The Morgan fingerprint density at radius 1 is 1.60 bits per heavy atom. The molecule has 15 heavy (non-hydrogen) atoms. The second-order valence-electron chi connectivity index (χ2n) is 4.12. The van der Waals surface area contributed by atoms with Gasteiger partial charge in [-0.3, -0.25) is 0 Å². The molecule has 0 saturated heterocycles. The Balaban J connectivity index is 2.34. The summed E-state index contributed by atoms with van der Waals surface area (Å²) in [5, 5.41) is 9.64. The normalized spacial score (nSPS) is 29.2. The maximum absolute atomic E-state index is 13.6. The van der Waals surface area contributed by atoms with E-state index in [2.05, 4.69) is 0 Å². The molecule has 3 N–H and O–H groups in total. The van der Waals surface area contributed by atoms with E-state index in [9.17, 15) is 9.50 Å². The van der Waals surface area contributed by atoms with E-state index in [1.54, 1.807) is 12.1 Å². The molecular formula is C11H13ClFNO. The number of nitrogens with two attached hydrogens (primary N) is 1. The van der Waals surface area contributed by atoms with Crippen molar-refractivity contribution in [3.8, 4) is 0 Å². The molecule has 1 aliphatic rings. The van der Waals surface area contributed by atoms with E-state index < -0.39 is 0 Å². The van der Waals surface area contributed by atoms with Gasteiger partial charge in [-0.1, -0.05) is 17.7 Å². The molecule has 0 spiro atoms. The third kappa shape index (κ3) is 1.65. The van der Waals surface area contributed by atoms with Crippen LogP contribution in [0.25, 0.3) is 0 Å². The summed E-state index contributed by atoms with van der Waals surface area (Å²) in [5.41, 5.74) is 5.73. The molecule has 1 aromatic carbocycles. The van der Waals surface area contributed by atoms with Crippen molar-refractivity contribution in [1.82, 2.24) is 0 Å². The van der Waals surface area contributed by atoms with Crippen molar-refractivity contribution in [2.75, 3.05) is 13.2 Å². The highest BCUT2D eigenvalue weighted by atomic mass is 35.5. The molecule has 2 atom stereocenters. The van der Waals surface area contributed by atoms with Gasteiger partial charge in [0.25, 0.3) is 0 Å². The number of hydrogen-bond acceptors (Lipinski definition) is 2. The van der Waals surface area contributed by atoms with E-state index in [1.165, 1.54) is 6.07 Å². The third-order valence-electron chi connectivity index (χ3n) is 3.26. The lowest BCUT2D eigenvalue weighted by atomic mass is 9.99. The molecule has 0 aliphatic heterocycles. The Hall–Kier alpha value is -0.640. The number of halogens is 2. The maximum Gasteiger partial charge on any atom is 0.128 e. The molecule has 0 radical (unpaired) electrons. The molecule has 82 valence electrons. The van der Waals surface area contributed by atoms with Gasteiger partial charge in [0.2, 0.25) is 0 Å². The van der Waals surface area contributed by atoms with Gasteiger partial charge in [0.15, 0.2) is 0 Å². The van der Waals surface area contributed by atoms with Crippen LogP contribution >= 0.6 is 11.6 Å². The highest BCUT2D eigenvalue weighted by Gasteiger charge is 2.54. The number of aliphatic hydroxyl groups is 1. The standard InChI is InChI=1S/C11H13ClFNO/c12-8-2-1-3-9(13)10(8)7-4-11(7,5-14)6-15/h1-3,7,15H,4-6,14H2/t7-,11+/m0/s1. The van der Waals surface area contributed by atoms with Crippen molar-refractivity contribution < 1.29 is 9.50 Å². The molecule has 4 heteroatoms. The molecule has 0 heterocycles. The van der Waals surface area contributed by atoms with Crippen molar-refractivity contribution in [2.45, 2.75) is 12.3 Å². The van der Waals surface area contributed by atoms with E-state index >= 15 is 0 Å². The summed E-state index contributed by atoms with van der Waals surface area (Å²) in [4.78, 5) is 0. The summed E-state index contributed by atoms with van der Waals surface area (Å²) >= 11 is 5.94. The van der Waals surface area contributed by atoms with Crippen LogP contribution in [0.4, 0.5) is 4.39 Å². The van der Waals surface area contributed by atoms with Crippen LogP contribution in [-0.2, 0) is 0 Å². The average Bonchev–Trinajstić information content (AvgIpc) is 2.93. The zero-order chi connectivity index (χ0) is 11.1. The van der Waals surface area contributed by atoms with Crippen LogP contribution < -0.4 is 5.73 Å². The van der Waals surface area contributed by atoms with Gasteiger partial charge in [-0.2, -0.15) is 0 Å². The molecule has 1 saturated carbocycles. The van der Waals surface area contributed by atoms with Crippen LogP contribution in [0, 0.1) is 11.2 Å². The molecule has 0 unspecified atom stereocenters. The Bertz CT molecular complexity index is 359. The maximum atomic E-state index is 13.6. The molecule has 0 aromatic heterocycles. The smallest absolute Gasteiger partial charge is 0.128 e. The predicted octanol–water partition coefficient (Wildman–Crippen LogP) is 1.90. The lowest BCUT2D eigenvalue weighted by Crippen LogP contribution is -2.21. The van der Waals surface area contributed by atoms with Crippen LogP contribution in [0.5, 0.6) is 0 Å². The van der Waals surface area contributed by atoms with Gasteiger partial charge in [0.1, 0.15) is 5.82 Å². The SMILES string of the molecule is NC[C@@]1(CO)C[C@H]1c1c(F)cccc1Cl. The Kier molecular flexibility index (Phi) is 2.71. The summed E-state index contributed by atoms with van der Waals surface area (Å²) in [7, 11) is 0.